The van der Waals surface area contributed by atoms with Gasteiger partial charge in [0.05, 0.1) is 4.90 Å². The number of nitrogens with one attached hydrogen (secondary N) is 1. The second kappa shape index (κ2) is 7.06. The van der Waals surface area contributed by atoms with E-state index in [0.717, 1.165) is 42.9 Å². The number of sulfonamides is 1. The average molecular weight is 412 g/mol. The van der Waals surface area contributed by atoms with E-state index in [4.69, 9.17) is 0 Å². The summed E-state index contributed by atoms with van der Waals surface area (Å²) in [4.78, 5) is 16.8. The second-order valence-corrected chi connectivity index (χ2v) is 9.83. The zero-order valence-electron chi connectivity index (χ0n) is 16.3. The molecule has 2 aromatic carbocycles. The molecule has 0 unspecified atom stereocenters. The van der Waals surface area contributed by atoms with Crippen molar-refractivity contribution in [3.63, 3.8) is 0 Å². The molecule has 0 atom stereocenters. The zero-order chi connectivity index (χ0) is 20.0. The van der Waals surface area contributed by atoms with E-state index in [9.17, 15) is 13.2 Å². The number of fused-ring (bicyclic) bond motifs is 1. The second-order valence-electron chi connectivity index (χ2n) is 8.15. The lowest BCUT2D eigenvalue weighted by Crippen LogP contribution is -2.30. The first-order valence-electron chi connectivity index (χ1n) is 10.3. The summed E-state index contributed by atoms with van der Waals surface area (Å²) in [5, 5.41) is 0. The number of rotatable bonds is 5. The summed E-state index contributed by atoms with van der Waals surface area (Å²) in [5.41, 5.74) is 3.46. The molecule has 0 spiro atoms. The first-order chi connectivity index (χ1) is 14.0. The molecule has 2 fully saturated rings. The van der Waals surface area contributed by atoms with Gasteiger partial charge in [-0.1, -0.05) is 0 Å². The van der Waals surface area contributed by atoms with Crippen LogP contribution in [0.1, 0.15) is 31.2 Å². The van der Waals surface area contributed by atoms with Crippen molar-refractivity contribution < 1.29 is 13.2 Å². The van der Waals surface area contributed by atoms with Gasteiger partial charge in [0.1, 0.15) is 0 Å². The molecule has 5 rings (SSSR count). The first-order valence-corrected chi connectivity index (χ1v) is 11.8. The van der Waals surface area contributed by atoms with E-state index < -0.39 is 10.0 Å². The van der Waals surface area contributed by atoms with Crippen LogP contribution in [0.4, 0.5) is 17.1 Å². The van der Waals surface area contributed by atoms with Gasteiger partial charge in [0.15, 0.2) is 0 Å². The highest BCUT2D eigenvalue weighted by atomic mass is 32.2. The summed E-state index contributed by atoms with van der Waals surface area (Å²) >= 11 is 0. The van der Waals surface area contributed by atoms with Crippen molar-refractivity contribution in [1.82, 2.24) is 0 Å². The Hall–Kier alpha value is -2.54. The van der Waals surface area contributed by atoms with Crippen LogP contribution in [-0.2, 0) is 21.2 Å². The summed E-state index contributed by atoms with van der Waals surface area (Å²) in [6.07, 6.45) is 5.05. The monoisotopic (exact) mass is 411 g/mol. The van der Waals surface area contributed by atoms with E-state index in [0.29, 0.717) is 18.7 Å². The van der Waals surface area contributed by atoms with E-state index in [2.05, 4.69) is 9.62 Å². The Morgan fingerprint density at radius 2 is 1.69 bits per heavy atom. The van der Waals surface area contributed by atoms with Gasteiger partial charge in [0.25, 0.3) is 10.0 Å². The van der Waals surface area contributed by atoms with E-state index >= 15 is 0 Å². The maximum absolute atomic E-state index is 12.9. The Morgan fingerprint density at radius 1 is 0.966 bits per heavy atom. The smallest absolute Gasteiger partial charge is 0.261 e. The Morgan fingerprint density at radius 3 is 2.38 bits per heavy atom. The minimum absolute atomic E-state index is 0.162. The number of carbonyl (C=O) groups excluding carboxylic acids is 1. The molecule has 1 amide bonds. The Bertz CT molecular complexity index is 1040. The molecule has 0 bridgehead atoms. The molecule has 1 N–H and O–H groups in total. The lowest BCUT2D eigenvalue weighted by atomic mass is 10.2. The summed E-state index contributed by atoms with van der Waals surface area (Å²) in [7, 11) is -3.68. The summed E-state index contributed by atoms with van der Waals surface area (Å²) in [6.45, 7) is 2.75. The van der Waals surface area contributed by atoms with Gasteiger partial charge in [-0.05, 0) is 80.1 Å². The lowest BCUT2D eigenvalue weighted by molar-refractivity contribution is -0.119. The third kappa shape index (κ3) is 3.59. The highest BCUT2D eigenvalue weighted by molar-refractivity contribution is 7.92. The van der Waals surface area contributed by atoms with Crippen molar-refractivity contribution in [2.24, 2.45) is 5.92 Å². The largest absolute Gasteiger partial charge is 0.372 e. The average Bonchev–Trinajstić information content (AvgIpc) is 3.25. The number of hydrogen-bond donors (Lipinski definition) is 1. The molecule has 29 heavy (non-hydrogen) atoms. The molecule has 6 nitrogen and oxygen atoms in total. The molecular formula is C22H25N3O3S. The normalized spacial score (nSPS) is 18.8. The van der Waals surface area contributed by atoms with Crippen LogP contribution in [0, 0.1) is 5.92 Å². The van der Waals surface area contributed by atoms with Gasteiger partial charge in [0.2, 0.25) is 5.91 Å². The van der Waals surface area contributed by atoms with Gasteiger partial charge in [-0.25, -0.2) is 8.42 Å². The van der Waals surface area contributed by atoms with E-state index in [1.165, 1.54) is 12.8 Å². The van der Waals surface area contributed by atoms with Crippen molar-refractivity contribution in [2.45, 2.75) is 37.0 Å². The number of benzene rings is 2. The minimum Gasteiger partial charge on any atom is -0.372 e. The SMILES string of the molecule is O=C(C1CC1)N1CCc2cc(S(=O)(=O)Nc3ccc(N4CCCC4)cc3)ccc21. The number of carbonyl (C=O) groups is 1. The third-order valence-electron chi connectivity index (χ3n) is 6.04. The predicted octanol–water partition coefficient (Wildman–Crippen LogP) is 3.39. The van der Waals surface area contributed by atoms with E-state index in [1.807, 2.05) is 29.2 Å². The van der Waals surface area contributed by atoms with Crippen LogP contribution >= 0.6 is 0 Å². The molecule has 2 heterocycles. The van der Waals surface area contributed by atoms with Crippen LogP contribution in [0.25, 0.3) is 0 Å². The number of amides is 1. The van der Waals surface area contributed by atoms with E-state index in [-0.39, 0.29) is 16.7 Å². The van der Waals surface area contributed by atoms with Gasteiger partial charge in [-0.15, -0.1) is 0 Å². The molecule has 2 aliphatic heterocycles. The van der Waals surface area contributed by atoms with Crippen molar-refractivity contribution in [3.05, 3.63) is 48.0 Å². The fraction of sp³-hybridized carbons (Fsp3) is 0.409. The lowest BCUT2D eigenvalue weighted by Gasteiger charge is -2.18. The quantitative estimate of drug-likeness (QED) is 0.819. The van der Waals surface area contributed by atoms with Gasteiger partial charge in [0, 0.05) is 42.6 Å². The van der Waals surface area contributed by atoms with Crippen LogP contribution in [0.5, 0.6) is 0 Å². The van der Waals surface area contributed by atoms with Crippen LogP contribution in [-0.4, -0.2) is 34.0 Å². The molecular weight excluding hydrogens is 386 g/mol. The third-order valence-corrected chi connectivity index (χ3v) is 7.42. The maximum atomic E-state index is 12.9. The number of anilines is 3. The number of nitrogens with zero attached hydrogens (tertiary/aromatic N) is 2. The minimum atomic E-state index is -3.68. The molecule has 152 valence electrons. The standard InChI is InChI=1S/C22H25N3O3S/c26-22(16-3-4-16)25-14-11-17-15-20(9-10-21(17)25)29(27,28)23-18-5-7-19(8-6-18)24-12-1-2-13-24/h5-10,15-16,23H,1-4,11-14H2. The van der Waals surface area contributed by atoms with Crippen LogP contribution in [0.2, 0.25) is 0 Å². The summed E-state index contributed by atoms with van der Waals surface area (Å²) < 4.78 is 28.4. The van der Waals surface area contributed by atoms with Crippen molar-refractivity contribution in [3.8, 4) is 0 Å². The van der Waals surface area contributed by atoms with Crippen LogP contribution in [0.15, 0.2) is 47.4 Å². The topological polar surface area (TPSA) is 69.7 Å². The molecule has 1 saturated heterocycles. The molecule has 0 aromatic heterocycles. The van der Waals surface area contributed by atoms with Crippen molar-refractivity contribution >= 4 is 33.0 Å². The highest BCUT2D eigenvalue weighted by Gasteiger charge is 2.36. The Labute approximate surface area is 171 Å². The van der Waals surface area contributed by atoms with Gasteiger partial charge in [-0.2, -0.15) is 0 Å². The molecule has 1 saturated carbocycles. The highest BCUT2D eigenvalue weighted by Crippen LogP contribution is 2.37. The molecule has 2 aromatic rings. The maximum Gasteiger partial charge on any atom is 0.261 e. The molecule has 1 aliphatic carbocycles. The van der Waals surface area contributed by atoms with Gasteiger partial charge >= 0.3 is 0 Å². The fourth-order valence-corrected chi connectivity index (χ4v) is 5.36. The van der Waals surface area contributed by atoms with Crippen molar-refractivity contribution in [1.29, 1.82) is 0 Å². The zero-order valence-corrected chi connectivity index (χ0v) is 17.1. The first kappa shape index (κ1) is 18.5. The molecule has 3 aliphatic rings. The van der Waals surface area contributed by atoms with Gasteiger partial charge in [-0.3, -0.25) is 9.52 Å². The van der Waals surface area contributed by atoms with Crippen LogP contribution < -0.4 is 14.5 Å². The Balaban J connectivity index is 1.33. The predicted molar refractivity (Wildman–Crippen MR) is 114 cm³/mol. The van der Waals surface area contributed by atoms with Crippen molar-refractivity contribution in [2.75, 3.05) is 34.2 Å². The molecule has 7 heteroatoms. The Kier molecular flexibility index (Phi) is 4.50. The summed E-state index contributed by atoms with van der Waals surface area (Å²) in [6, 6.07) is 12.6. The van der Waals surface area contributed by atoms with Crippen LogP contribution in [0.3, 0.4) is 0 Å². The van der Waals surface area contributed by atoms with Gasteiger partial charge < -0.3 is 9.80 Å². The van der Waals surface area contributed by atoms with E-state index in [1.54, 1.807) is 18.2 Å². The molecule has 0 radical (unpaired) electrons. The summed E-state index contributed by atoms with van der Waals surface area (Å²) in [5.74, 6) is 0.338. The fourth-order valence-electron chi connectivity index (χ4n) is 4.25. The number of hydrogen-bond acceptors (Lipinski definition) is 4.